The van der Waals surface area contributed by atoms with Gasteiger partial charge in [0.25, 0.3) is 0 Å². The number of hydrogen-bond donors (Lipinski definition) is 1. The average molecular weight is 414 g/mol. The van der Waals surface area contributed by atoms with Crippen molar-refractivity contribution in [3.05, 3.63) is 63.8 Å². The number of hydrogen-bond acceptors (Lipinski definition) is 7. The first-order chi connectivity index (χ1) is 14.0. The van der Waals surface area contributed by atoms with Crippen LogP contribution in [0.5, 0.6) is 0 Å². The molecule has 1 fully saturated rings. The first-order valence-electron chi connectivity index (χ1n) is 8.75. The van der Waals surface area contributed by atoms with Gasteiger partial charge >= 0.3 is 11.7 Å². The van der Waals surface area contributed by atoms with Crippen molar-refractivity contribution in [2.45, 2.75) is 12.3 Å². The predicted molar refractivity (Wildman–Crippen MR) is 104 cm³/mol. The fourth-order valence-electron chi connectivity index (χ4n) is 3.14. The monoisotopic (exact) mass is 414 g/mol. The molecule has 4 rings (SSSR count). The van der Waals surface area contributed by atoms with Gasteiger partial charge in [-0.3, -0.25) is 15.4 Å². The molecule has 1 saturated heterocycles. The van der Waals surface area contributed by atoms with Crippen LogP contribution in [0, 0.1) is 15.2 Å². The molecule has 3 aromatic rings. The molecule has 2 amide bonds. The van der Waals surface area contributed by atoms with E-state index < -0.39 is 16.1 Å². The summed E-state index contributed by atoms with van der Waals surface area (Å²) in [6.07, 6.45) is 4.00. The minimum atomic E-state index is -0.619. The van der Waals surface area contributed by atoms with E-state index in [1.54, 1.807) is 23.4 Å². The van der Waals surface area contributed by atoms with Crippen LogP contribution >= 0.6 is 11.3 Å². The minimum Gasteiger partial charge on any atom is -0.324 e. The second kappa shape index (κ2) is 7.87. The number of amides is 2. The minimum absolute atomic E-state index is 0.00493. The van der Waals surface area contributed by atoms with Gasteiger partial charge in [-0.25, -0.2) is 19.7 Å². The topological polar surface area (TPSA) is 114 Å². The van der Waals surface area contributed by atoms with Gasteiger partial charge in [-0.15, -0.1) is 11.3 Å². The summed E-state index contributed by atoms with van der Waals surface area (Å²) in [6, 6.07) is 6.73. The molecule has 3 aromatic heterocycles. The third kappa shape index (κ3) is 4.04. The molecule has 0 radical (unpaired) electrons. The lowest BCUT2D eigenvalue weighted by molar-refractivity contribution is -0.384. The standard InChI is InChI=1S/C18H15FN6O3S/c19-15-5-4-14(29-15)12-2-3-13(25(27)28)17(22-12)23-18(26)24-9-6-11(10-24)16-20-7-1-8-21-16/h1-5,7-8,11H,6,9-10H2,(H,22,23,26). The summed E-state index contributed by atoms with van der Waals surface area (Å²) in [7, 11) is 0. The van der Waals surface area contributed by atoms with Crippen LogP contribution in [0.1, 0.15) is 18.2 Å². The smallest absolute Gasteiger partial charge is 0.323 e. The summed E-state index contributed by atoms with van der Waals surface area (Å²) >= 11 is 0.870. The Hall–Kier alpha value is -3.47. The van der Waals surface area contributed by atoms with E-state index in [1.165, 1.54) is 24.3 Å². The van der Waals surface area contributed by atoms with Gasteiger partial charge in [-0.05, 0) is 30.7 Å². The summed E-state index contributed by atoms with van der Waals surface area (Å²) in [6.45, 7) is 0.873. The molecule has 0 aliphatic carbocycles. The summed E-state index contributed by atoms with van der Waals surface area (Å²) in [5.41, 5.74) is 0.0121. The van der Waals surface area contributed by atoms with E-state index in [4.69, 9.17) is 0 Å². The van der Waals surface area contributed by atoms with E-state index >= 15 is 0 Å². The number of nitrogens with zero attached hydrogens (tertiary/aromatic N) is 5. The SMILES string of the molecule is O=C(Nc1nc(-c2ccc(F)s2)ccc1[N+](=O)[O-])N1CCC(c2ncccn2)C1. The molecule has 11 heteroatoms. The second-order valence-corrected chi connectivity index (χ2v) is 7.43. The van der Waals surface area contributed by atoms with Crippen LogP contribution in [0.4, 0.5) is 20.7 Å². The van der Waals surface area contributed by atoms with Crippen molar-refractivity contribution in [2.24, 2.45) is 0 Å². The zero-order chi connectivity index (χ0) is 20.4. The Bertz CT molecular complexity index is 1060. The van der Waals surface area contributed by atoms with Crippen LogP contribution in [0.3, 0.4) is 0 Å². The third-order valence-electron chi connectivity index (χ3n) is 4.55. The first-order valence-corrected chi connectivity index (χ1v) is 9.57. The number of likely N-dealkylation sites (tertiary alicyclic amines) is 1. The van der Waals surface area contributed by atoms with Crippen molar-refractivity contribution < 1.29 is 14.1 Å². The lowest BCUT2D eigenvalue weighted by Crippen LogP contribution is -2.33. The number of aromatic nitrogens is 3. The van der Waals surface area contributed by atoms with Gasteiger partial charge in [0.15, 0.2) is 5.13 Å². The molecule has 0 spiro atoms. The largest absolute Gasteiger partial charge is 0.324 e. The second-order valence-electron chi connectivity index (χ2n) is 6.39. The van der Waals surface area contributed by atoms with Crippen LogP contribution in [-0.4, -0.2) is 43.9 Å². The Morgan fingerprint density at radius 1 is 1.28 bits per heavy atom. The van der Waals surface area contributed by atoms with Gasteiger partial charge in [-0.2, -0.15) is 4.39 Å². The van der Waals surface area contributed by atoms with Crippen molar-refractivity contribution >= 4 is 28.9 Å². The molecule has 1 aliphatic heterocycles. The van der Waals surface area contributed by atoms with Crippen molar-refractivity contribution in [1.82, 2.24) is 19.9 Å². The highest BCUT2D eigenvalue weighted by atomic mass is 32.1. The molecular formula is C18H15FN6O3S. The number of urea groups is 1. The lowest BCUT2D eigenvalue weighted by Gasteiger charge is -2.17. The van der Waals surface area contributed by atoms with E-state index in [-0.39, 0.29) is 17.4 Å². The molecular weight excluding hydrogens is 399 g/mol. The first kappa shape index (κ1) is 18.9. The molecule has 4 heterocycles. The molecule has 0 saturated carbocycles. The third-order valence-corrected chi connectivity index (χ3v) is 5.44. The van der Waals surface area contributed by atoms with Crippen LogP contribution in [0.2, 0.25) is 0 Å². The quantitative estimate of drug-likeness (QED) is 0.515. The fraction of sp³-hybridized carbons (Fsp3) is 0.222. The zero-order valence-corrected chi connectivity index (χ0v) is 15.8. The molecule has 1 aliphatic rings. The maximum atomic E-state index is 13.3. The summed E-state index contributed by atoms with van der Waals surface area (Å²) < 4.78 is 13.3. The number of nitrogens with one attached hydrogen (secondary N) is 1. The maximum Gasteiger partial charge on any atom is 0.323 e. The van der Waals surface area contributed by atoms with Gasteiger partial charge in [0, 0.05) is 37.5 Å². The Morgan fingerprint density at radius 3 is 2.76 bits per heavy atom. The number of carbonyl (C=O) groups is 1. The highest BCUT2D eigenvalue weighted by Gasteiger charge is 2.30. The van der Waals surface area contributed by atoms with Gasteiger partial charge in [0.1, 0.15) is 5.82 Å². The van der Waals surface area contributed by atoms with E-state index in [1.807, 2.05) is 0 Å². The Labute approximate surface area is 168 Å². The molecule has 0 aromatic carbocycles. The Balaban J connectivity index is 1.53. The average Bonchev–Trinajstić information content (AvgIpc) is 3.38. The Kier molecular flexibility index (Phi) is 5.12. The van der Waals surface area contributed by atoms with Gasteiger partial charge in [0.05, 0.1) is 15.5 Å². The Morgan fingerprint density at radius 2 is 2.07 bits per heavy atom. The summed E-state index contributed by atoms with van der Waals surface area (Å²) in [4.78, 5) is 38.1. The van der Waals surface area contributed by atoms with Crippen LogP contribution < -0.4 is 5.32 Å². The highest BCUT2D eigenvalue weighted by Crippen LogP contribution is 2.31. The molecule has 1 unspecified atom stereocenters. The van der Waals surface area contributed by atoms with Crippen LogP contribution in [-0.2, 0) is 0 Å². The molecule has 1 atom stereocenters. The van der Waals surface area contributed by atoms with E-state index in [9.17, 15) is 19.3 Å². The van der Waals surface area contributed by atoms with Gasteiger partial charge < -0.3 is 4.90 Å². The molecule has 148 valence electrons. The molecule has 0 bridgehead atoms. The molecule has 1 N–H and O–H groups in total. The van der Waals surface area contributed by atoms with Crippen molar-refractivity contribution in [3.8, 4) is 10.6 Å². The van der Waals surface area contributed by atoms with Crippen LogP contribution in [0.15, 0.2) is 42.7 Å². The lowest BCUT2D eigenvalue weighted by atomic mass is 10.1. The summed E-state index contributed by atoms with van der Waals surface area (Å²) in [5, 5.41) is 13.5. The number of anilines is 1. The van der Waals surface area contributed by atoms with Gasteiger partial charge in [0.2, 0.25) is 5.82 Å². The number of pyridine rings is 1. The highest BCUT2D eigenvalue weighted by molar-refractivity contribution is 7.13. The predicted octanol–water partition coefficient (Wildman–Crippen LogP) is 3.67. The van der Waals surface area contributed by atoms with Crippen LogP contribution in [0.25, 0.3) is 10.6 Å². The zero-order valence-electron chi connectivity index (χ0n) is 15.0. The number of rotatable bonds is 4. The normalized spacial score (nSPS) is 16.0. The summed E-state index contributed by atoms with van der Waals surface area (Å²) in [5.74, 6) is 0.490. The van der Waals surface area contributed by atoms with Crippen molar-refractivity contribution in [1.29, 1.82) is 0 Å². The maximum absolute atomic E-state index is 13.3. The van der Waals surface area contributed by atoms with Crippen molar-refractivity contribution in [3.63, 3.8) is 0 Å². The fourth-order valence-corrected chi connectivity index (χ4v) is 3.84. The van der Waals surface area contributed by atoms with E-state index in [0.29, 0.717) is 35.9 Å². The van der Waals surface area contributed by atoms with Gasteiger partial charge in [-0.1, -0.05) is 0 Å². The number of carbonyl (C=O) groups excluding carboxylic acids is 1. The molecule has 29 heavy (non-hydrogen) atoms. The van der Waals surface area contributed by atoms with E-state index in [2.05, 4.69) is 20.3 Å². The van der Waals surface area contributed by atoms with Crippen molar-refractivity contribution in [2.75, 3.05) is 18.4 Å². The number of halogens is 1. The number of nitro groups is 1. The van der Waals surface area contributed by atoms with E-state index in [0.717, 1.165) is 11.3 Å². The number of thiophene rings is 1. The molecule has 9 nitrogen and oxygen atoms in total.